The Balaban J connectivity index is 1.78. The summed E-state index contributed by atoms with van der Waals surface area (Å²) in [6.07, 6.45) is 1.87. The number of furan rings is 1. The van der Waals surface area contributed by atoms with Gasteiger partial charge in [-0.15, -0.1) is 0 Å². The number of nitrogens with zero attached hydrogens (tertiary/aromatic N) is 3. The van der Waals surface area contributed by atoms with Gasteiger partial charge in [0.25, 0.3) is 0 Å². The Morgan fingerprint density at radius 2 is 1.85 bits per heavy atom. The number of pyridine rings is 1. The molecule has 3 heterocycles. The van der Waals surface area contributed by atoms with Crippen molar-refractivity contribution in [3.8, 4) is 0 Å². The molecular formula is C22H21N3O. The van der Waals surface area contributed by atoms with Gasteiger partial charge in [-0.05, 0) is 44.5 Å². The van der Waals surface area contributed by atoms with Crippen molar-refractivity contribution >= 4 is 39.1 Å². The van der Waals surface area contributed by atoms with Crippen LogP contribution < -0.4 is 9.80 Å². The zero-order chi connectivity index (χ0) is 17.8. The molecule has 130 valence electrons. The number of anilines is 3. The van der Waals surface area contributed by atoms with Crippen LogP contribution in [0.5, 0.6) is 0 Å². The summed E-state index contributed by atoms with van der Waals surface area (Å²) in [7, 11) is 0. The van der Waals surface area contributed by atoms with Gasteiger partial charge in [-0.2, -0.15) is 0 Å². The van der Waals surface area contributed by atoms with Gasteiger partial charge >= 0.3 is 0 Å². The topological polar surface area (TPSA) is 32.5 Å². The summed E-state index contributed by atoms with van der Waals surface area (Å²) < 4.78 is 6.31. The predicted molar refractivity (Wildman–Crippen MR) is 107 cm³/mol. The second-order valence-electron chi connectivity index (χ2n) is 7.19. The Bertz CT molecular complexity index is 1130. The Kier molecular flexibility index (Phi) is 3.23. The van der Waals surface area contributed by atoms with Gasteiger partial charge in [-0.25, -0.2) is 4.98 Å². The molecule has 0 fully saturated rings. The molecule has 1 aliphatic heterocycles. The lowest BCUT2D eigenvalue weighted by Gasteiger charge is -2.25. The number of fused-ring (bicyclic) bond motifs is 4. The first kappa shape index (κ1) is 15.3. The molecule has 2 aromatic heterocycles. The third-order valence-electron chi connectivity index (χ3n) is 5.24. The highest BCUT2D eigenvalue weighted by atomic mass is 16.3. The van der Waals surface area contributed by atoms with Crippen molar-refractivity contribution in [2.45, 2.75) is 26.8 Å². The first-order valence-electron chi connectivity index (χ1n) is 9.05. The summed E-state index contributed by atoms with van der Waals surface area (Å²) in [4.78, 5) is 9.31. The van der Waals surface area contributed by atoms with Crippen LogP contribution in [0.3, 0.4) is 0 Å². The highest BCUT2D eigenvalue weighted by Crippen LogP contribution is 2.45. The molecule has 0 saturated heterocycles. The number of aromatic nitrogens is 1. The number of para-hydroxylation sites is 1. The van der Waals surface area contributed by atoms with E-state index in [4.69, 9.17) is 4.42 Å². The Morgan fingerprint density at radius 3 is 2.69 bits per heavy atom. The molecule has 26 heavy (non-hydrogen) atoms. The molecular weight excluding hydrogens is 322 g/mol. The van der Waals surface area contributed by atoms with Crippen LogP contribution in [-0.4, -0.2) is 17.7 Å². The van der Waals surface area contributed by atoms with Gasteiger partial charge in [0.05, 0.1) is 18.0 Å². The first-order valence-corrected chi connectivity index (χ1v) is 9.05. The average molecular weight is 343 g/mol. The zero-order valence-corrected chi connectivity index (χ0v) is 15.2. The minimum absolute atomic E-state index is 0.379. The van der Waals surface area contributed by atoms with Crippen molar-refractivity contribution in [1.29, 1.82) is 0 Å². The van der Waals surface area contributed by atoms with Crippen molar-refractivity contribution in [2.75, 3.05) is 16.5 Å². The normalized spacial score (nSPS) is 14.0. The molecule has 4 aromatic rings. The molecule has 0 spiro atoms. The molecule has 0 radical (unpaired) electrons. The molecule has 0 unspecified atom stereocenters. The highest BCUT2D eigenvalue weighted by molar-refractivity contribution is 6.10. The number of hydrogen-bond acceptors (Lipinski definition) is 4. The summed E-state index contributed by atoms with van der Waals surface area (Å²) in [6, 6.07) is 17.1. The molecule has 5 rings (SSSR count). The molecule has 0 atom stereocenters. The highest BCUT2D eigenvalue weighted by Gasteiger charge is 2.32. The van der Waals surface area contributed by atoms with Crippen LogP contribution in [0, 0.1) is 6.92 Å². The van der Waals surface area contributed by atoms with E-state index in [1.165, 1.54) is 5.56 Å². The van der Waals surface area contributed by atoms with E-state index in [1.54, 1.807) is 0 Å². The molecule has 0 bridgehead atoms. The number of benzene rings is 2. The van der Waals surface area contributed by atoms with Gasteiger partial charge in [-0.1, -0.05) is 30.3 Å². The summed E-state index contributed by atoms with van der Waals surface area (Å²) in [5, 5.41) is 2.32. The molecule has 0 N–H and O–H groups in total. The summed E-state index contributed by atoms with van der Waals surface area (Å²) >= 11 is 0. The van der Waals surface area contributed by atoms with Crippen molar-refractivity contribution in [2.24, 2.45) is 0 Å². The largest absolute Gasteiger partial charge is 0.454 e. The predicted octanol–water partition coefficient (Wildman–Crippen LogP) is 5.61. The minimum atomic E-state index is 0.379. The number of rotatable bonds is 2. The van der Waals surface area contributed by atoms with Gasteiger partial charge < -0.3 is 14.2 Å². The summed E-state index contributed by atoms with van der Waals surface area (Å²) in [6.45, 7) is 7.34. The van der Waals surface area contributed by atoms with Crippen LogP contribution in [0.1, 0.15) is 19.4 Å². The van der Waals surface area contributed by atoms with E-state index in [2.05, 4.69) is 65.9 Å². The fraction of sp³-hybridized carbons (Fsp3) is 0.227. The van der Waals surface area contributed by atoms with Crippen LogP contribution in [-0.2, 0) is 0 Å². The van der Waals surface area contributed by atoms with E-state index >= 15 is 0 Å². The Morgan fingerprint density at radius 1 is 1.00 bits per heavy atom. The van der Waals surface area contributed by atoms with E-state index in [0.717, 1.165) is 45.8 Å². The van der Waals surface area contributed by atoms with Crippen LogP contribution in [0.25, 0.3) is 21.9 Å². The quantitative estimate of drug-likeness (QED) is 0.473. The van der Waals surface area contributed by atoms with E-state index in [9.17, 15) is 0 Å². The van der Waals surface area contributed by atoms with Gasteiger partial charge in [0.1, 0.15) is 5.58 Å². The maximum atomic E-state index is 6.31. The third-order valence-corrected chi connectivity index (χ3v) is 5.24. The molecule has 4 heteroatoms. The lowest BCUT2D eigenvalue weighted by molar-refractivity contribution is 0.664. The fourth-order valence-corrected chi connectivity index (χ4v) is 3.92. The van der Waals surface area contributed by atoms with Gasteiger partial charge in [0.2, 0.25) is 0 Å². The first-order chi connectivity index (χ1) is 12.6. The monoisotopic (exact) mass is 343 g/mol. The summed E-state index contributed by atoms with van der Waals surface area (Å²) in [5.74, 6) is 1.04. The number of aryl methyl sites for hydroxylation is 1. The molecule has 4 nitrogen and oxygen atoms in total. The SMILES string of the molecule is Cc1ccc2c(oc3ccccc32)c1N1CN(C(C)C)c2ncccc21. The van der Waals surface area contributed by atoms with E-state index in [1.807, 2.05) is 24.4 Å². The Hall–Kier alpha value is -3.01. The van der Waals surface area contributed by atoms with E-state index in [-0.39, 0.29) is 0 Å². The van der Waals surface area contributed by atoms with Crippen LogP contribution in [0.4, 0.5) is 17.2 Å². The molecule has 0 aliphatic carbocycles. The third kappa shape index (κ3) is 2.05. The van der Waals surface area contributed by atoms with Gasteiger partial charge in [0.15, 0.2) is 11.4 Å². The Labute approximate surface area is 152 Å². The van der Waals surface area contributed by atoms with Crippen molar-refractivity contribution in [3.63, 3.8) is 0 Å². The molecule has 0 amide bonds. The second kappa shape index (κ2) is 5.49. The van der Waals surface area contributed by atoms with Crippen LogP contribution in [0.2, 0.25) is 0 Å². The van der Waals surface area contributed by atoms with E-state index in [0.29, 0.717) is 6.04 Å². The van der Waals surface area contributed by atoms with Gasteiger partial charge in [-0.3, -0.25) is 0 Å². The zero-order valence-electron chi connectivity index (χ0n) is 15.2. The van der Waals surface area contributed by atoms with Crippen LogP contribution in [0.15, 0.2) is 59.1 Å². The standard InChI is InChI=1S/C22H21N3O/c1-14(2)24-13-25(18-8-6-12-23-22(18)24)20-15(3)10-11-17-16-7-4-5-9-19(16)26-21(17)20/h4-12,14H,13H2,1-3H3. The lowest BCUT2D eigenvalue weighted by Crippen LogP contribution is -2.34. The second-order valence-corrected chi connectivity index (χ2v) is 7.19. The molecule has 1 aliphatic rings. The lowest BCUT2D eigenvalue weighted by atomic mass is 10.1. The van der Waals surface area contributed by atoms with Gasteiger partial charge in [0, 0.05) is 23.0 Å². The van der Waals surface area contributed by atoms with Crippen molar-refractivity contribution in [3.05, 3.63) is 60.3 Å². The van der Waals surface area contributed by atoms with E-state index < -0.39 is 0 Å². The smallest absolute Gasteiger partial charge is 0.159 e. The maximum absolute atomic E-state index is 6.31. The average Bonchev–Trinajstić information content (AvgIpc) is 3.20. The molecule has 0 saturated carbocycles. The summed E-state index contributed by atoms with van der Waals surface area (Å²) in [5.41, 5.74) is 5.36. The van der Waals surface area contributed by atoms with Crippen molar-refractivity contribution in [1.82, 2.24) is 4.98 Å². The van der Waals surface area contributed by atoms with Crippen molar-refractivity contribution < 1.29 is 4.42 Å². The number of hydrogen-bond donors (Lipinski definition) is 0. The fourth-order valence-electron chi connectivity index (χ4n) is 3.92. The van der Waals surface area contributed by atoms with Crippen LogP contribution >= 0.6 is 0 Å². The maximum Gasteiger partial charge on any atom is 0.159 e. The minimum Gasteiger partial charge on any atom is -0.454 e. The molecule has 2 aromatic carbocycles.